The van der Waals surface area contributed by atoms with Gasteiger partial charge in [-0.05, 0) is 50.0 Å². The highest BCUT2D eigenvalue weighted by molar-refractivity contribution is 5.97. The number of rotatable bonds is 9. The molecule has 37 heavy (non-hydrogen) atoms. The molecular weight excluding hydrogens is 528 g/mol. The Kier molecular flexibility index (Phi) is 9.05. The Labute approximate surface area is 203 Å². The zero-order valence-corrected chi connectivity index (χ0v) is 19.1. The average Bonchev–Trinajstić information content (AvgIpc) is 2.77. The van der Waals surface area contributed by atoms with Crippen molar-refractivity contribution in [2.45, 2.75) is 51.2 Å². The monoisotopic (exact) mass is 547 g/mol. The summed E-state index contributed by atoms with van der Waals surface area (Å²) >= 11 is 0. The van der Waals surface area contributed by atoms with Crippen LogP contribution in [0.2, 0.25) is 0 Å². The first-order chi connectivity index (χ1) is 17.1. The number of benzene rings is 1. The number of fused-ring (bicyclic) bond motifs is 1. The molecule has 0 saturated carbocycles. The predicted octanol–water partition coefficient (Wildman–Crippen LogP) is 4.84. The van der Waals surface area contributed by atoms with Gasteiger partial charge in [-0.3, -0.25) is 0 Å². The van der Waals surface area contributed by atoms with E-state index in [-0.39, 0.29) is 43.6 Å². The van der Waals surface area contributed by atoms with Gasteiger partial charge in [-0.2, -0.15) is 18.0 Å². The standard InChI is InChI=1S/C20H19F6NO10/c1-3-11-8-13(34-20(24,25)26)9-12-10-14(18(2,19(21,22)23)35-15(11)12)16(28)36-37-17(29)32-6-4-5-7-33-27(30)31/h8-10H,3-7H2,1-2H3. The number of hydrogen-bond donors (Lipinski definition) is 0. The van der Waals surface area contributed by atoms with Crippen molar-refractivity contribution in [2.75, 3.05) is 13.2 Å². The summed E-state index contributed by atoms with van der Waals surface area (Å²) in [5, 5.41) is 8.96. The largest absolute Gasteiger partial charge is 0.573 e. The number of unbranched alkanes of at least 4 members (excludes halogenated alkanes) is 1. The topological polar surface area (TPSA) is 133 Å². The minimum Gasteiger partial charge on any atom is -0.472 e. The van der Waals surface area contributed by atoms with Crippen LogP contribution in [0.15, 0.2) is 17.7 Å². The SMILES string of the molecule is CCc1cc(OC(F)(F)F)cc2c1OC(C)(C(F)(F)F)C(C(=O)OOC(=O)OCCCCO[N+](=O)[O-])=C2. The van der Waals surface area contributed by atoms with E-state index in [9.17, 15) is 46.0 Å². The lowest BCUT2D eigenvalue weighted by Crippen LogP contribution is -2.52. The summed E-state index contributed by atoms with van der Waals surface area (Å²) in [5.41, 5.74) is -5.01. The van der Waals surface area contributed by atoms with Crippen LogP contribution in [0.25, 0.3) is 6.08 Å². The van der Waals surface area contributed by atoms with Gasteiger partial charge < -0.3 is 19.0 Å². The molecule has 1 heterocycles. The van der Waals surface area contributed by atoms with E-state index >= 15 is 0 Å². The summed E-state index contributed by atoms with van der Waals surface area (Å²) in [6, 6.07) is 1.56. The van der Waals surface area contributed by atoms with Crippen molar-refractivity contribution >= 4 is 18.2 Å². The summed E-state index contributed by atoms with van der Waals surface area (Å²) < 4.78 is 93.3. The molecule has 1 aliphatic rings. The summed E-state index contributed by atoms with van der Waals surface area (Å²) in [6.45, 7) is 1.28. The molecule has 11 nitrogen and oxygen atoms in total. The molecule has 1 aromatic carbocycles. The number of carbonyl (C=O) groups is 2. The van der Waals surface area contributed by atoms with Gasteiger partial charge in [0.15, 0.2) is 0 Å². The number of hydrogen-bond acceptors (Lipinski definition) is 10. The van der Waals surface area contributed by atoms with Gasteiger partial charge in [0, 0.05) is 5.56 Å². The second kappa shape index (κ2) is 11.4. The minimum atomic E-state index is -5.23. The van der Waals surface area contributed by atoms with Crippen molar-refractivity contribution in [1.82, 2.24) is 0 Å². The van der Waals surface area contributed by atoms with Crippen LogP contribution in [-0.4, -0.2) is 48.6 Å². The van der Waals surface area contributed by atoms with E-state index in [4.69, 9.17) is 4.74 Å². The molecule has 1 aromatic rings. The number of nitrogens with zero attached hydrogens (tertiary/aromatic N) is 1. The van der Waals surface area contributed by atoms with Gasteiger partial charge >= 0.3 is 24.7 Å². The van der Waals surface area contributed by atoms with Gasteiger partial charge in [0.05, 0.1) is 18.8 Å². The third-order valence-electron chi connectivity index (χ3n) is 4.80. The molecular formula is C20H19F6NO10. The van der Waals surface area contributed by atoms with Gasteiger partial charge in [-0.25, -0.2) is 14.6 Å². The Hall–Kier alpha value is -3.92. The van der Waals surface area contributed by atoms with E-state index in [1.54, 1.807) is 0 Å². The van der Waals surface area contributed by atoms with E-state index in [0.29, 0.717) is 19.1 Å². The zero-order chi connectivity index (χ0) is 28.0. The van der Waals surface area contributed by atoms with Crippen molar-refractivity contribution in [1.29, 1.82) is 0 Å². The molecule has 0 aliphatic carbocycles. The number of halogens is 6. The van der Waals surface area contributed by atoms with Gasteiger partial charge in [-0.1, -0.05) is 6.92 Å². The van der Waals surface area contributed by atoms with Crippen LogP contribution >= 0.6 is 0 Å². The molecule has 0 fully saturated rings. The van der Waals surface area contributed by atoms with E-state index < -0.39 is 52.4 Å². The highest BCUT2D eigenvalue weighted by Crippen LogP contribution is 2.48. The molecule has 0 N–H and O–H groups in total. The third kappa shape index (κ3) is 7.78. The Morgan fingerprint density at radius 2 is 1.73 bits per heavy atom. The molecule has 1 aliphatic heterocycles. The summed E-state index contributed by atoms with van der Waals surface area (Å²) in [7, 11) is 0. The first kappa shape index (κ1) is 29.3. The maximum Gasteiger partial charge on any atom is 0.573 e. The van der Waals surface area contributed by atoms with Crippen LogP contribution in [0.3, 0.4) is 0 Å². The van der Waals surface area contributed by atoms with Crippen LogP contribution in [0, 0.1) is 10.1 Å². The molecule has 0 saturated heterocycles. The van der Waals surface area contributed by atoms with Gasteiger partial charge in [0.25, 0.3) is 5.09 Å². The van der Waals surface area contributed by atoms with Crippen LogP contribution in [0.1, 0.15) is 37.8 Å². The maximum absolute atomic E-state index is 14.0. The van der Waals surface area contributed by atoms with E-state index in [2.05, 4.69) is 24.1 Å². The van der Waals surface area contributed by atoms with Crippen LogP contribution < -0.4 is 9.47 Å². The summed E-state index contributed by atoms with van der Waals surface area (Å²) in [4.78, 5) is 46.2. The lowest BCUT2D eigenvalue weighted by Gasteiger charge is -2.37. The quantitative estimate of drug-likeness (QED) is 0.106. The van der Waals surface area contributed by atoms with Crippen molar-refractivity contribution in [3.8, 4) is 11.5 Å². The maximum atomic E-state index is 14.0. The van der Waals surface area contributed by atoms with Crippen LogP contribution in [0.5, 0.6) is 11.5 Å². The van der Waals surface area contributed by atoms with Crippen molar-refractivity contribution < 1.29 is 69.8 Å². The van der Waals surface area contributed by atoms with E-state index in [1.807, 2.05) is 0 Å². The second-order valence-corrected chi connectivity index (χ2v) is 7.41. The Morgan fingerprint density at radius 1 is 1.08 bits per heavy atom. The van der Waals surface area contributed by atoms with E-state index in [0.717, 1.165) is 6.07 Å². The lowest BCUT2D eigenvalue weighted by atomic mass is 9.88. The first-order valence-electron chi connectivity index (χ1n) is 10.3. The van der Waals surface area contributed by atoms with Crippen molar-refractivity contribution in [3.05, 3.63) is 38.9 Å². The molecule has 206 valence electrons. The zero-order valence-electron chi connectivity index (χ0n) is 19.1. The Morgan fingerprint density at radius 3 is 2.30 bits per heavy atom. The fourth-order valence-electron chi connectivity index (χ4n) is 3.03. The Bertz CT molecular complexity index is 1060. The fourth-order valence-corrected chi connectivity index (χ4v) is 3.03. The number of alkyl halides is 6. The molecule has 17 heteroatoms. The summed E-state index contributed by atoms with van der Waals surface area (Å²) in [5.74, 6) is -3.05. The molecule has 1 unspecified atom stereocenters. The highest BCUT2D eigenvalue weighted by atomic mass is 19.4. The highest BCUT2D eigenvalue weighted by Gasteiger charge is 2.60. The average molecular weight is 547 g/mol. The number of aryl methyl sites for hydroxylation is 1. The van der Waals surface area contributed by atoms with E-state index in [1.165, 1.54) is 6.92 Å². The molecule has 0 bridgehead atoms. The smallest absolute Gasteiger partial charge is 0.472 e. The molecule has 0 spiro atoms. The molecule has 2 rings (SSSR count). The molecule has 1 atom stereocenters. The Balaban J connectivity index is 2.21. The number of carbonyl (C=O) groups excluding carboxylic acids is 2. The van der Waals surface area contributed by atoms with Gasteiger partial charge in [-0.15, -0.1) is 23.3 Å². The predicted molar refractivity (Wildman–Crippen MR) is 106 cm³/mol. The summed E-state index contributed by atoms with van der Waals surface area (Å²) in [6.07, 6.45) is -11.2. The second-order valence-electron chi connectivity index (χ2n) is 7.41. The molecule has 0 radical (unpaired) electrons. The fraction of sp³-hybridized carbons (Fsp3) is 0.500. The lowest BCUT2D eigenvalue weighted by molar-refractivity contribution is -0.757. The third-order valence-corrected chi connectivity index (χ3v) is 4.80. The van der Waals surface area contributed by atoms with Gasteiger partial charge in [0.1, 0.15) is 11.5 Å². The normalized spacial score (nSPS) is 17.0. The van der Waals surface area contributed by atoms with Gasteiger partial charge in [0.2, 0.25) is 5.60 Å². The first-order valence-corrected chi connectivity index (χ1v) is 10.3. The molecule has 0 aromatic heterocycles. The molecule has 0 amide bonds. The van der Waals surface area contributed by atoms with Crippen LogP contribution in [0.4, 0.5) is 31.1 Å². The minimum absolute atomic E-state index is 0.0495. The van der Waals surface area contributed by atoms with Crippen molar-refractivity contribution in [3.63, 3.8) is 0 Å². The van der Waals surface area contributed by atoms with Crippen LogP contribution in [-0.2, 0) is 30.6 Å². The van der Waals surface area contributed by atoms with Crippen molar-refractivity contribution in [2.24, 2.45) is 0 Å². The number of ether oxygens (including phenoxy) is 3.